The molecule has 3 nitrogen and oxygen atoms in total. The van der Waals surface area contributed by atoms with Crippen molar-refractivity contribution in [3.05, 3.63) is 58.7 Å². The number of rotatable bonds is 3. The number of fused-ring (bicyclic) bond motifs is 3. The van der Waals surface area contributed by atoms with E-state index >= 15 is 0 Å². The van der Waals surface area contributed by atoms with Crippen LogP contribution in [-0.2, 0) is 4.74 Å². The third-order valence-corrected chi connectivity index (χ3v) is 5.47. The Morgan fingerprint density at radius 1 is 1.23 bits per heavy atom. The fourth-order valence-electron chi connectivity index (χ4n) is 4.38. The van der Waals surface area contributed by atoms with E-state index in [0.29, 0.717) is 12.5 Å². The molecule has 0 saturated carbocycles. The topological polar surface area (TPSA) is 30.5 Å². The van der Waals surface area contributed by atoms with Crippen molar-refractivity contribution in [2.45, 2.75) is 38.8 Å². The van der Waals surface area contributed by atoms with Crippen molar-refractivity contribution in [3.8, 4) is 18.1 Å². The van der Waals surface area contributed by atoms with E-state index in [1.807, 2.05) is 12.1 Å². The first kappa shape index (κ1) is 17.0. The highest BCUT2D eigenvalue weighted by molar-refractivity contribution is 5.63. The first-order valence-electron chi connectivity index (χ1n) is 9.33. The third-order valence-electron chi connectivity index (χ3n) is 5.47. The van der Waals surface area contributed by atoms with Gasteiger partial charge >= 0.3 is 0 Å². The Balaban J connectivity index is 1.69. The average molecular weight is 347 g/mol. The molecule has 0 radical (unpaired) electrons. The monoisotopic (exact) mass is 347 g/mol. The van der Waals surface area contributed by atoms with Crippen LogP contribution in [0.15, 0.2) is 36.4 Å². The number of ether oxygens (including phenoxy) is 2. The van der Waals surface area contributed by atoms with Gasteiger partial charge in [0.1, 0.15) is 12.4 Å². The van der Waals surface area contributed by atoms with Gasteiger partial charge in [-0.2, -0.15) is 0 Å². The van der Waals surface area contributed by atoms with Crippen LogP contribution in [0.4, 0.5) is 5.69 Å². The summed E-state index contributed by atoms with van der Waals surface area (Å²) < 4.78 is 11.8. The first-order chi connectivity index (χ1) is 12.7. The fraction of sp³-hybridized carbons (Fsp3) is 0.391. The molecule has 4 rings (SSSR count). The lowest BCUT2D eigenvalue weighted by molar-refractivity contribution is -0.0382. The van der Waals surface area contributed by atoms with Crippen LogP contribution in [-0.4, -0.2) is 13.2 Å². The summed E-state index contributed by atoms with van der Waals surface area (Å²) in [6.45, 7) is 5.48. The molecular formula is C23H25NO2. The normalized spacial score (nSPS) is 24.0. The summed E-state index contributed by atoms with van der Waals surface area (Å²) in [5, 5.41) is 3.82. The van der Waals surface area contributed by atoms with Gasteiger partial charge in [-0.3, -0.25) is 0 Å². The summed E-state index contributed by atoms with van der Waals surface area (Å²) in [7, 11) is 0. The van der Waals surface area contributed by atoms with E-state index in [0.717, 1.165) is 18.8 Å². The highest BCUT2D eigenvalue weighted by atomic mass is 16.5. The number of terminal acetylenes is 1. The van der Waals surface area contributed by atoms with Crippen molar-refractivity contribution < 1.29 is 9.47 Å². The SMILES string of the molecule is C#CCOc1ccc([C@H]2Nc3c(C)cc(C)cc3[C@H]3OCCC[C@@H]23)cc1. The minimum Gasteiger partial charge on any atom is -0.481 e. The number of anilines is 1. The molecule has 0 aromatic heterocycles. The van der Waals surface area contributed by atoms with Gasteiger partial charge in [-0.15, -0.1) is 6.42 Å². The lowest BCUT2D eigenvalue weighted by Gasteiger charge is -2.44. The summed E-state index contributed by atoms with van der Waals surface area (Å²) in [4.78, 5) is 0. The molecule has 0 spiro atoms. The molecule has 2 heterocycles. The van der Waals surface area contributed by atoms with E-state index in [-0.39, 0.29) is 12.1 Å². The second kappa shape index (κ2) is 7.05. The Labute approximate surface area is 155 Å². The largest absolute Gasteiger partial charge is 0.481 e. The van der Waals surface area contributed by atoms with Gasteiger partial charge in [0.05, 0.1) is 12.1 Å². The van der Waals surface area contributed by atoms with Crippen LogP contribution in [0.2, 0.25) is 0 Å². The van der Waals surface area contributed by atoms with E-state index in [1.165, 1.54) is 34.4 Å². The van der Waals surface area contributed by atoms with Gasteiger partial charge in [0.2, 0.25) is 0 Å². The molecule has 3 atom stereocenters. The maximum Gasteiger partial charge on any atom is 0.148 e. The summed E-state index contributed by atoms with van der Waals surface area (Å²) in [6, 6.07) is 13.1. The van der Waals surface area contributed by atoms with Gasteiger partial charge in [-0.05, 0) is 49.9 Å². The molecule has 3 heteroatoms. The smallest absolute Gasteiger partial charge is 0.148 e. The van der Waals surface area contributed by atoms with Crippen molar-refractivity contribution in [1.29, 1.82) is 0 Å². The Kier molecular flexibility index (Phi) is 4.61. The van der Waals surface area contributed by atoms with E-state index in [4.69, 9.17) is 15.9 Å². The number of hydrogen-bond donors (Lipinski definition) is 1. The molecular weight excluding hydrogens is 322 g/mol. The summed E-state index contributed by atoms with van der Waals surface area (Å²) in [5.41, 5.74) is 6.40. The zero-order valence-corrected chi connectivity index (χ0v) is 15.4. The van der Waals surface area contributed by atoms with Crippen molar-refractivity contribution in [2.75, 3.05) is 18.5 Å². The lowest BCUT2D eigenvalue weighted by atomic mass is 9.76. The summed E-state index contributed by atoms with van der Waals surface area (Å²) in [5.74, 6) is 3.75. The molecule has 26 heavy (non-hydrogen) atoms. The van der Waals surface area contributed by atoms with Gasteiger partial charge in [-0.1, -0.05) is 35.7 Å². The van der Waals surface area contributed by atoms with Crippen LogP contribution in [0.3, 0.4) is 0 Å². The molecule has 2 aliphatic heterocycles. The lowest BCUT2D eigenvalue weighted by Crippen LogP contribution is -2.36. The summed E-state index contributed by atoms with van der Waals surface area (Å²) in [6.07, 6.45) is 7.72. The molecule has 0 bridgehead atoms. The molecule has 0 amide bonds. The minimum atomic E-state index is 0.168. The molecule has 2 aliphatic rings. The van der Waals surface area contributed by atoms with Crippen LogP contribution in [0.25, 0.3) is 0 Å². The third kappa shape index (κ3) is 3.06. The molecule has 1 saturated heterocycles. The summed E-state index contributed by atoms with van der Waals surface area (Å²) >= 11 is 0. The van der Waals surface area contributed by atoms with Gasteiger partial charge in [-0.25, -0.2) is 0 Å². The van der Waals surface area contributed by atoms with Crippen LogP contribution in [0.5, 0.6) is 5.75 Å². The highest BCUT2D eigenvalue weighted by Crippen LogP contribution is 2.50. The van der Waals surface area contributed by atoms with Crippen LogP contribution >= 0.6 is 0 Å². The molecule has 0 aliphatic carbocycles. The predicted octanol–water partition coefficient (Wildman–Crippen LogP) is 4.95. The maximum absolute atomic E-state index is 6.26. The molecule has 1 fully saturated rings. The van der Waals surface area contributed by atoms with Crippen LogP contribution in [0.1, 0.15) is 47.2 Å². The fourth-order valence-corrected chi connectivity index (χ4v) is 4.38. The van der Waals surface area contributed by atoms with Crippen molar-refractivity contribution in [3.63, 3.8) is 0 Å². The molecule has 134 valence electrons. The number of aryl methyl sites for hydroxylation is 2. The highest BCUT2D eigenvalue weighted by Gasteiger charge is 2.40. The van der Waals surface area contributed by atoms with Crippen LogP contribution < -0.4 is 10.1 Å². The zero-order chi connectivity index (χ0) is 18.1. The van der Waals surface area contributed by atoms with E-state index in [2.05, 4.69) is 49.4 Å². The molecule has 2 aromatic carbocycles. The average Bonchev–Trinajstić information content (AvgIpc) is 2.66. The standard InChI is InChI=1S/C23H25NO2/c1-4-11-25-18-9-7-17(8-10-18)22-19-6-5-12-26-23(19)20-14-15(2)13-16(3)21(20)24-22/h1,7-10,13-14,19,22-24H,5-6,11-12H2,2-3H3/t19-,22+,23-/m0/s1. The Morgan fingerprint density at radius 3 is 2.81 bits per heavy atom. The second-order valence-corrected chi connectivity index (χ2v) is 7.33. The van der Waals surface area contributed by atoms with E-state index < -0.39 is 0 Å². The Hall–Kier alpha value is -2.44. The quantitative estimate of drug-likeness (QED) is 0.797. The van der Waals surface area contributed by atoms with Crippen LogP contribution in [0, 0.1) is 32.1 Å². The van der Waals surface area contributed by atoms with Crippen molar-refractivity contribution >= 4 is 5.69 Å². The van der Waals surface area contributed by atoms with E-state index in [9.17, 15) is 0 Å². The van der Waals surface area contributed by atoms with Crippen molar-refractivity contribution in [2.24, 2.45) is 5.92 Å². The van der Waals surface area contributed by atoms with Gasteiger partial charge in [0.15, 0.2) is 0 Å². The van der Waals surface area contributed by atoms with Gasteiger partial charge < -0.3 is 14.8 Å². The first-order valence-corrected chi connectivity index (χ1v) is 9.33. The van der Waals surface area contributed by atoms with Crippen molar-refractivity contribution in [1.82, 2.24) is 0 Å². The van der Waals surface area contributed by atoms with Gasteiger partial charge in [0, 0.05) is 23.8 Å². The maximum atomic E-state index is 6.26. The minimum absolute atomic E-state index is 0.168. The molecule has 2 aromatic rings. The number of nitrogens with one attached hydrogen (secondary N) is 1. The van der Waals surface area contributed by atoms with Gasteiger partial charge in [0.25, 0.3) is 0 Å². The van der Waals surface area contributed by atoms with E-state index in [1.54, 1.807) is 0 Å². The Morgan fingerprint density at radius 2 is 2.04 bits per heavy atom. The number of benzene rings is 2. The predicted molar refractivity (Wildman–Crippen MR) is 104 cm³/mol. The zero-order valence-electron chi connectivity index (χ0n) is 15.4. The molecule has 1 N–H and O–H groups in total. The number of hydrogen-bond acceptors (Lipinski definition) is 3. The molecule has 0 unspecified atom stereocenters. The second-order valence-electron chi connectivity index (χ2n) is 7.33. The Bertz CT molecular complexity index is 835.